The first-order valence-electron chi connectivity index (χ1n) is 30.4. The molecule has 402 valence electrons. The van der Waals surface area contributed by atoms with Crippen molar-refractivity contribution in [2.45, 2.75) is 346 Å². The monoisotopic (exact) mass is 958 g/mol. The highest BCUT2D eigenvalue weighted by molar-refractivity contribution is 5.80. The van der Waals surface area contributed by atoms with Crippen molar-refractivity contribution in [3.63, 3.8) is 0 Å². The van der Waals surface area contributed by atoms with Gasteiger partial charge in [0, 0.05) is 0 Å². The van der Waals surface area contributed by atoms with Crippen LogP contribution in [0.3, 0.4) is 0 Å². The number of hydrogen-bond donors (Lipinski definition) is 5. The van der Waals surface area contributed by atoms with Crippen LogP contribution < -0.4 is 5.32 Å². The molecule has 0 heterocycles. The second-order valence-electron chi connectivity index (χ2n) is 21.0. The Morgan fingerprint density at radius 2 is 0.618 bits per heavy atom. The fourth-order valence-electron chi connectivity index (χ4n) is 9.56. The number of rotatable bonds is 56. The average molecular weight is 959 g/mol. The highest BCUT2D eigenvalue weighted by Crippen LogP contribution is 2.18. The van der Waals surface area contributed by atoms with E-state index in [1.54, 1.807) is 0 Å². The van der Waals surface area contributed by atoms with Gasteiger partial charge in [-0.2, -0.15) is 0 Å². The highest BCUT2D eigenvalue weighted by Gasteiger charge is 2.28. The third-order valence-electron chi connectivity index (χ3n) is 14.3. The van der Waals surface area contributed by atoms with Crippen LogP contribution in [0.2, 0.25) is 0 Å². The van der Waals surface area contributed by atoms with Crippen LogP contribution in [-0.2, 0) is 4.79 Å². The first-order valence-corrected chi connectivity index (χ1v) is 30.4. The summed E-state index contributed by atoms with van der Waals surface area (Å²) in [5.41, 5.74) is 0. The summed E-state index contributed by atoms with van der Waals surface area (Å²) in [6.07, 6.45) is 70.9. The molecule has 0 saturated heterocycles. The van der Waals surface area contributed by atoms with Gasteiger partial charge in [0.25, 0.3) is 0 Å². The molecule has 0 fully saturated rings. The van der Waals surface area contributed by atoms with E-state index in [2.05, 4.69) is 55.6 Å². The zero-order chi connectivity index (χ0) is 49.5. The van der Waals surface area contributed by atoms with Crippen LogP contribution in [0, 0.1) is 0 Å². The van der Waals surface area contributed by atoms with Gasteiger partial charge in [-0.15, -0.1) is 0 Å². The van der Waals surface area contributed by atoms with E-state index in [4.69, 9.17) is 0 Å². The highest BCUT2D eigenvalue weighted by atomic mass is 16.3. The summed E-state index contributed by atoms with van der Waals surface area (Å²) in [6.45, 7) is 4.08. The Morgan fingerprint density at radius 3 is 0.926 bits per heavy atom. The fraction of sp³-hybridized carbons (Fsp3) is 0.887. The van der Waals surface area contributed by atoms with Gasteiger partial charge < -0.3 is 25.7 Å². The summed E-state index contributed by atoms with van der Waals surface area (Å²) in [5, 5.41) is 44.0. The van der Waals surface area contributed by atoms with Crippen LogP contribution in [0.25, 0.3) is 0 Å². The molecule has 6 heteroatoms. The fourth-order valence-corrected chi connectivity index (χ4v) is 9.56. The summed E-state index contributed by atoms with van der Waals surface area (Å²) in [7, 11) is 0. The zero-order valence-corrected chi connectivity index (χ0v) is 45.6. The predicted octanol–water partition coefficient (Wildman–Crippen LogP) is 18.0. The van der Waals surface area contributed by atoms with Crippen molar-refractivity contribution >= 4 is 5.91 Å². The van der Waals surface area contributed by atoms with Gasteiger partial charge in [-0.3, -0.25) is 4.79 Å². The van der Waals surface area contributed by atoms with Gasteiger partial charge in [0.1, 0.15) is 12.2 Å². The average Bonchev–Trinajstić information content (AvgIpc) is 3.34. The number of hydrogen-bond acceptors (Lipinski definition) is 5. The maximum absolute atomic E-state index is 12.6. The lowest BCUT2D eigenvalue weighted by Gasteiger charge is -2.27. The topological polar surface area (TPSA) is 110 Å². The minimum atomic E-state index is -1.29. The molecule has 5 N–H and O–H groups in total. The van der Waals surface area contributed by atoms with Crippen LogP contribution in [0.5, 0.6) is 0 Å². The lowest BCUT2D eigenvalue weighted by atomic mass is 10.00. The molecule has 0 aromatic heterocycles. The Kier molecular flexibility index (Phi) is 55.2. The molecular formula is C62H119NO5. The molecule has 4 unspecified atom stereocenters. The largest absolute Gasteiger partial charge is 0.394 e. The van der Waals surface area contributed by atoms with Crippen LogP contribution in [0.1, 0.15) is 322 Å². The van der Waals surface area contributed by atoms with Crippen LogP contribution >= 0.6 is 0 Å². The van der Waals surface area contributed by atoms with Gasteiger partial charge in [-0.05, 0) is 64.2 Å². The maximum Gasteiger partial charge on any atom is 0.249 e. The van der Waals surface area contributed by atoms with Gasteiger partial charge in [0.2, 0.25) is 5.91 Å². The minimum absolute atomic E-state index is 0.362. The van der Waals surface area contributed by atoms with E-state index in [9.17, 15) is 25.2 Å². The Bertz CT molecular complexity index is 1080. The second kappa shape index (κ2) is 56.4. The molecule has 0 spiro atoms. The molecule has 4 atom stereocenters. The molecule has 0 radical (unpaired) electrons. The molecule has 0 aliphatic carbocycles. The summed E-state index contributed by atoms with van der Waals surface area (Å²) < 4.78 is 0. The van der Waals surface area contributed by atoms with Crippen LogP contribution in [-0.4, -0.2) is 57.3 Å². The number of carbonyl (C=O) groups excluding carboxylic acids is 1. The Morgan fingerprint density at radius 1 is 0.353 bits per heavy atom. The SMILES string of the molecule is CCCCCCCCCCCCC/C=C/CC/C=C/CC/C=C/CCCC(O)C(O)C(CO)NC(=O)C(O)CCCCCCCCCCCCCCCCCCCCCCCCCCCCCC. The molecule has 1 amide bonds. The van der Waals surface area contributed by atoms with Gasteiger partial charge in [0.05, 0.1) is 18.8 Å². The van der Waals surface area contributed by atoms with Crippen LogP contribution in [0.4, 0.5) is 0 Å². The quantitative estimate of drug-likeness (QED) is 0.0308. The van der Waals surface area contributed by atoms with E-state index in [0.29, 0.717) is 19.3 Å². The molecule has 0 aliphatic heterocycles. The molecule has 0 aromatic carbocycles. The van der Waals surface area contributed by atoms with E-state index in [1.165, 1.54) is 238 Å². The van der Waals surface area contributed by atoms with Gasteiger partial charge >= 0.3 is 0 Å². The number of allylic oxidation sites excluding steroid dienone is 6. The summed E-state index contributed by atoms with van der Waals surface area (Å²) in [4.78, 5) is 12.6. The second-order valence-corrected chi connectivity index (χ2v) is 21.0. The molecule has 0 rings (SSSR count). The molecule has 0 bridgehead atoms. The molecule has 0 saturated carbocycles. The van der Waals surface area contributed by atoms with Crippen molar-refractivity contribution in [1.29, 1.82) is 0 Å². The zero-order valence-electron chi connectivity index (χ0n) is 45.6. The molecule has 6 nitrogen and oxygen atoms in total. The smallest absolute Gasteiger partial charge is 0.249 e. The minimum Gasteiger partial charge on any atom is -0.394 e. The van der Waals surface area contributed by atoms with Crippen LogP contribution in [0.15, 0.2) is 36.5 Å². The Labute approximate surface area is 424 Å². The molecule has 0 aliphatic rings. The Hall–Kier alpha value is -1.47. The predicted molar refractivity (Wildman–Crippen MR) is 297 cm³/mol. The van der Waals surface area contributed by atoms with Crippen molar-refractivity contribution in [3.8, 4) is 0 Å². The maximum atomic E-state index is 12.6. The molecular weight excluding hydrogens is 839 g/mol. The van der Waals surface area contributed by atoms with Crippen molar-refractivity contribution in [1.82, 2.24) is 5.32 Å². The number of carbonyl (C=O) groups is 1. The number of aliphatic hydroxyl groups is 4. The number of unbranched alkanes of at least 4 members (excludes halogenated alkanes) is 41. The van der Waals surface area contributed by atoms with Gasteiger partial charge in [-0.1, -0.05) is 294 Å². The van der Waals surface area contributed by atoms with E-state index < -0.39 is 36.9 Å². The number of aliphatic hydroxyl groups excluding tert-OH is 4. The lowest BCUT2D eigenvalue weighted by Crippen LogP contribution is -2.53. The lowest BCUT2D eigenvalue weighted by molar-refractivity contribution is -0.132. The molecule has 68 heavy (non-hydrogen) atoms. The normalized spacial score (nSPS) is 13.9. The summed E-state index contributed by atoms with van der Waals surface area (Å²) in [5.74, 6) is -0.594. The number of amides is 1. The van der Waals surface area contributed by atoms with Gasteiger partial charge in [0.15, 0.2) is 0 Å². The van der Waals surface area contributed by atoms with Crippen molar-refractivity contribution in [3.05, 3.63) is 36.5 Å². The van der Waals surface area contributed by atoms with E-state index >= 15 is 0 Å². The molecule has 0 aromatic rings. The van der Waals surface area contributed by atoms with E-state index in [1.807, 2.05) is 0 Å². The first-order chi connectivity index (χ1) is 33.5. The van der Waals surface area contributed by atoms with Crippen molar-refractivity contribution in [2.24, 2.45) is 0 Å². The van der Waals surface area contributed by atoms with Crippen molar-refractivity contribution < 1.29 is 25.2 Å². The van der Waals surface area contributed by atoms with Gasteiger partial charge in [-0.25, -0.2) is 0 Å². The third kappa shape index (κ3) is 49.5. The third-order valence-corrected chi connectivity index (χ3v) is 14.3. The summed E-state index contributed by atoms with van der Waals surface area (Å²) >= 11 is 0. The van der Waals surface area contributed by atoms with Crippen molar-refractivity contribution in [2.75, 3.05) is 6.61 Å². The van der Waals surface area contributed by atoms with E-state index in [0.717, 1.165) is 51.4 Å². The van der Waals surface area contributed by atoms with E-state index in [-0.39, 0.29) is 0 Å². The standard InChI is InChI=1S/C62H119NO5/c1-3-5-7-9-11-13-15-17-19-21-23-25-27-29-30-31-32-34-36-38-40-42-44-46-48-50-52-54-56-60(66)62(68)63-58(57-64)61(67)59(65)55-53-51-49-47-45-43-41-39-37-35-33-28-26-24-22-20-18-16-14-12-10-8-6-4-2/h28,33,39,41,47,49,58-61,64-67H,3-27,29-32,34-38,40,42-46,48,50-57H2,1-2H3,(H,63,68)/b33-28+,41-39+,49-47+. The first kappa shape index (κ1) is 66.5. The number of nitrogens with one attached hydrogen (secondary N) is 1. The summed E-state index contributed by atoms with van der Waals surface area (Å²) in [6, 6.07) is -1.01. The Balaban J connectivity index is 3.65.